The number of hydrogen-bond acceptors (Lipinski definition) is 1. The van der Waals surface area contributed by atoms with Gasteiger partial charge in [0.1, 0.15) is 0 Å². The molecule has 0 saturated heterocycles. The second-order valence-corrected chi connectivity index (χ2v) is 3.29. The summed E-state index contributed by atoms with van der Waals surface area (Å²) in [6, 6.07) is 0. The van der Waals surface area contributed by atoms with E-state index in [0.717, 1.165) is 19.3 Å². The van der Waals surface area contributed by atoms with Crippen molar-refractivity contribution in [3.8, 4) is 0 Å². The Hall–Kier alpha value is 0.903. The number of aliphatic hydroxyl groups excluding tert-OH is 1. The molecule has 2 aliphatic rings. The maximum absolute atomic E-state index is 8.91. The van der Waals surface area contributed by atoms with Crippen LogP contribution in [0, 0.1) is 6.08 Å². The number of allylic oxidation sites excluding steroid dienone is 4. The third kappa shape index (κ3) is 12.8. The van der Waals surface area contributed by atoms with Gasteiger partial charge >= 0.3 is 26.2 Å². The van der Waals surface area contributed by atoms with E-state index in [1.54, 1.807) is 0 Å². The first-order valence-electron chi connectivity index (χ1n) is 4.79. The molecule has 0 bridgehead atoms. The summed E-state index contributed by atoms with van der Waals surface area (Å²) in [6.07, 6.45) is 15.9. The zero-order valence-corrected chi connectivity index (χ0v) is 12.7. The van der Waals surface area contributed by atoms with Gasteiger partial charge in [-0.05, 0) is 12.8 Å². The molecule has 0 amide bonds. The Balaban J connectivity index is -0.000000165. The smallest absolute Gasteiger partial charge is 1.00 e. The van der Waals surface area contributed by atoms with Crippen LogP contribution in [-0.4, -0.2) is 11.2 Å². The quantitative estimate of drug-likeness (QED) is 0.461. The van der Waals surface area contributed by atoms with E-state index < -0.39 is 0 Å². The van der Waals surface area contributed by atoms with Crippen LogP contribution in [0.2, 0.25) is 0 Å². The number of halogens is 2. The fraction of sp³-hybridized carbons (Fsp3) is 0.636. The maximum atomic E-state index is 8.91. The van der Waals surface area contributed by atoms with Gasteiger partial charge in [0.05, 0.1) is 6.10 Å². The molecular weight excluding hydrogens is 310 g/mol. The van der Waals surface area contributed by atoms with E-state index in [-0.39, 0.29) is 57.1 Å². The van der Waals surface area contributed by atoms with Crippen molar-refractivity contribution in [3.63, 3.8) is 0 Å². The summed E-state index contributed by atoms with van der Waals surface area (Å²) in [5, 5.41) is 8.91. The van der Waals surface area contributed by atoms with Crippen molar-refractivity contribution in [2.24, 2.45) is 0 Å². The van der Waals surface area contributed by atoms with Crippen LogP contribution in [0.1, 0.15) is 38.5 Å². The number of rotatable bonds is 0. The van der Waals surface area contributed by atoms with Crippen LogP contribution in [0.4, 0.5) is 0 Å². The van der Waals surface area contributed by atoms with Crippen molar-refractivity contribution in [3.05, 3.63) is 24.3 Å². The molecule has 0 atom stereocenters. The zero-order chi connectivity index (χ0) is 8.65. The van der Waals surface area contributed by atoms with E-state index >= 15 is 0 Å². The predicted octanol–water partition coefficient (Wildman–Crippen LogP) is -3.38. The maximum Gasteiger partial charge on any atom is 3.00 e. The summed E-state index contributed by atoms with van der Waals surface area (Å²) in [5.41, 5.74) is 0. The summed E-state index contributed by atoms with van der Waals surface area (Å²) in [4.78, 5) is 0. The van der Waals surface area contributed by atoms with E-state index in [9.17, 15) is 0 Å². The van der Waals surface area contributed by atoms with Crippen LogP contribution >= 0.6 is 0 Å². The van der Waals surface area contributed by atoms with Crippen LogP contribution in [0.3, 0.4) is 0 Å². The largest absolute Gasteiger partial charge is 3.00 e. The van der Waals surface area contributed by atoms with Gasteiger partial charge in [-0.3, -0.25) is 6.08 Å². The molecule has 0 aromatic carbocycles. The minimum absolute atomic E-state index is 0. The Morgan fingerprint density at radius 3 is 1.87 bits per heavy atom. The average Bonchev–Trinajstić information content (AvgIpc) is 2.62. The molecule has 0 aliphatic heterocycles. The van der Waals surface area contributed by atoms with Gasteiger partial charge in [-0.1, -0.05) is 19.3 Å². The summed E-state index contributed by atoms with van der Waals surface area (Å²) in [5.74, 6) is 0. The Bertz CT molecular complexity index is 156. The molecule has 0 heterocycles. The van der Waals surface area contributed by atoms with Gasteiger partial charge in [-0.25, -0.2) is 12.2 Å². The second-order valence-electron chi connectivity index (χ2n) is 3.29. The Morgan fingerprint density at radius 2 is 1.67 bits per heavy atom. The van der Waals surface area contributed by atoms with Gasteiger partial charge < -0.3 is 29.9 Å². The predicted molar refractivity (Wildman–Crippen MR) is 50.7 cm³/mol. The molecular formula is C11H17Cl2OZr. The van der Waals surface area contributed by atoms with Gasteiger partial charge in [-0.2, -0.15) is 6.08 Å². The van der Waals surface area contributed by atoms with E-state index in [1.165, 1.54) is 19.3 Å². The van der Waals surface area contributed by atoms with Crippen LogP contribution in [0.5, 0.6) is 0 Å². The van der Waals surface area contributed by atoms with E-state index in [4.69, 9.17) is 5.11 Å². The first-order valence-corrected chi connectivity index (χ1v) is 4.79. The fourth-order valence-corrected chi connectivity index (χ4v) is 1.42. The zero-order valence-electron chi connectivity index (χ0n) is 8.76. The summed E-state index contributed by atoms with van der Waals surface area (Å²) >= 11 is 0. The summed E-state index contributed by atoms with van der Waals surface area (Å²) < 4.78 is 0. The van der Waals surface area contributed by atoms with E-state index in [0.29, 0.717) is 0 Å². The normalized spacial score (nSPS) is 17.7. The molecule has 1 radical (unpaired) electrons. The van der Waals surface area contributed by atoms with Crippen molar-refractivity contribution in [2.75, 3.05) is 0 Å². The molecule has 2 rings (SSSR count). The van der Waals surface area contributed by atoms with Gasteiger partial charge in [0.2, 0.25) is 0 Å². The Labute approximate surface area is 124 Å². The van der Waals surface area contributed by atoms with E-state index in [2.05, 4.69) is 12.2 Å². The topological polar surface area (TPSA) is 20.2 Å². The minimum Gasteiger partial charge on any atom is -1.00 e. The van der Waals surface area contributed by atoms with Crippen LogP contribution in [0.25, 0.3) is 0 Å². The molecule has 0 aromatic rings. The standard InChI is InChI=1S/C6H12O.C5H5.2ClH.Zr/c7-6-4-2-1-3-5-6;1-2-4-5-3-1;;;/h6-7H,1-5H2;1-3H,4H2;2*1H;/q;-1;;;+3/p-2. The first kappa shape index (κ1) is 21.2. The third-order valence-corrected chi connectivity index (χ3v) is 2.16. The summed E-state index contributed by atoms with van der Waals surface area (Å²) in [6.45, 7) is 0. The molecule has 0 spiro atoms. The van der Waals surface area contributed by atoms with Crippen LogP contribution in [0.15, 0.2) is 18.2 Å². The van der Waals surface area contributed by atoms with Crippen LogP contribution < -0.4 is 24.8 Å². The van der Waals surface area contributed by atoms with Crippen molar-refractivity contribution >= 4 is 0 Å². The molecule has 1 fully saturated rings. The number of hydrogen-bond donors (Lipinski definition) is 1. The monoisotopic (exact) mass is 325 g/mol. The van der Waals surface area contributed by atoms with Gasteiger partial charge in [0.25, 0.3) is 0 Å². The SMILES string of the molecule is OC1CCCCC1.[C-]1=CC=CC1.[Cl-].[Cl-].[Zr+3]. The van der Waals surface area contributed by atoms with Crippen LogP contribution in [-0.2, 0) is 26.2 Å². The molecule has 1 saturated carbocycles. The van der Waals surface area contributed by atoms with Gasteiger partial charge in [0, 0.05) is 0 Å². The summed E-state index contributed by atoms with van der Waals surface area (Å²) in [7, 11) is 0. The van der Waals surface area contributed by atoms with E-state index in [1.807, 2.05) is 12.2 Å². The Morgan fingerprint density at radius 1 is 1.07 bits per heavy atom. The molecule has 0 aromatic heterocycles. The fourth-order valence-electron chi connectivity index (χ4n) is 1.42. The molecule has 2 aliphatic carbocycles. The van der Waals surface area contributed by atoms with Gasteiger partial charge in [0.15, 0.2) is 0 Å². The average molecular weight is 327 g/mol. The van der Waals surface area contributed by atoms with Crippen molar-refractivity contribution in [2.45, 2.75) is 44.6 Å². The second kappa shape index (κ2) is 14.9. The molecule has 85 valence electrons. The van der Waals surface area contributed by atoms with Crippen molar-refractivity contribution < 1.29 is 56.1 Å². The molecule has 15 heavy (non-hydrogen) atoms. The molecule has 1 nitrogen and oxygen atoms in total. The van der Waals surface area contributed by atoms with Crippen molar-refractivity contribution in [1.29, 1.82) is 0 Å². The van der Waals surface area contributed by atoms with Gasteiger partial charge in [-0.15, -0.1) is 6.42 Å². The third-order valence-electron chi connectivity index (χ3n) is 2.16. The molecule has 0 unspecified atom stereocenters. The molecule has 1 N–H and O–H groups in total. The number of aliphatic hydroxyl groups is 1. The van der Waals surface area contributed by atoms with Crippen molar-refractivity contribution in [1.82, 2.24) is 0 Å². The molecule has 4 heteroatoms. The Kier molecular flexibility index (Phi) is 21.1. The first-order chi connectivity index (χ1) is 5.89. The minimum atomic E-state index is 0.